The third-order valence-electron chi connectivity index (χ3n) is 5.97. The molecule has 6 nitrogen and oxygen atoms in total. The van der Waals surface area contributed by atoms with Gasteiger partial charge in [-0.05, 0) is 28.0 Å². The number of halogens is 3. The number of aromatic nitrogens is 1. The highest BCUT2D eigenvalue weighted by molar-refractivity contribution is 6.01. The van der Waals surface area contributed by atoms with Gasteiger partial charge in [0.15, 0.2) is 0 Å². The Balaban J connectivity index is 2.03. The van der Waals surface area contributed by atoms with Crippen molar-refractivity contribution >= 4 is 33.6 Å². The minimum absolute atomic E-state index is 0.0857. The van der Waals surface area contributed by atoms with E-state index in [1.807, 2.05) is 0 Å². The van der Waals surface area contributed by atoms with E-state index in [0.29, 0.717) is 16.3 Å². The number of aryl methyl sites for hydroxylation is 1. The molecule has 0 aliphatic rings. The first kappa shape index (κ1) is 24.0. The largest absolute Gasteiger partial charge is 0.480 e. The first-order valence-corrected chi connectivity index (χ1v) is 10.7. The van der Waals surface area contributed by atoms with Gasteiger partial charge in [-0.2, -0.15) is 13.2 Å². The Bertz CT molecular complexity index is 1540. The molecule has 0 aliphatic carbocycles. The number of rotatable bonds is 5. The van der Waals surface area contributed by atoms with Crippen LogP contribution in [0.25, 0.3) is 32.8 Å². The second kappa shape index (κ2) is 8.90. The molecule has 1 unspecified atom stereocenters. The Kier molecular flexibility index (Phi) is 6.10. The summed E-state index contributed by atoms with van der Waals surface area (Å²) < 4.78 is 44.3. The first-order valence-electron chi connectivity index (χ1n) is 10.7. The van der Waals surface area contributed by atoms with Crippen LogP contribution < -0.4 is 10.9 Å². The molecular weight excluding hydrogens is 461 g/mol. The van der Waals surface area contributed by atoms with Crippen molar-refractivity contribution in [3.8, 4) is 11.1 Å². The van der Waals surface area contributed by atoms with Crippen LogP contribution in [0.2, 0.25) is 0 Å². The number of alkyl halides is 3. The SMILES string of the molecule is CC(=O)NC(Cc1cccc2c(-c3c(C(F)(F)F)c4ccccc4n(C)c3=O)cccc12)C(=O)O. The highest BCUT2D eigenvalue weighted by Gasteiger charge is 2.38. The van der Waals surface area contributed by atoms with Crippen LogP contribution in [0.4, 0.5) is 13.2 Å². The van der Waals surface area contributed by atoms with Gasteiger partial charge in [-0.25, -0.2) is 4.79 Å². The van der Waals surface area contributed by atoms with Gasteiger partial charge in [0.1, 0.15) is 6.04 Å². The van der Waals surface area contributed by atoms with E-state index < -0.39 is 40.8 Å². The second-order valence-electron chi connectivity index (χ2n) is 8.24. The standard InChI is InChI=1S/C26H21F3N2O4/c1-14(32)30-20(25(34)35)13-15-7-5-10-17-16(15)9-6-11-18(17)22-23(26(27,28)29)19-8-3-4-12-21(19)31(2)24(22)33/h3-12,20H,13H2,1-2H3,(H,30,32)(H,34,35). The van der Waals surface area contributed by atoms with E-state index in [-0.39, 0.29) is 22.9 Å². The molecule has 1 heterocycles. The molecule has 0 spiro atoms. The molecule has 1 aromatic heterocycles. The molecule has 1 atom stereocenters. The molecule has 1 amide bonds. The van der Waals surface area contributed by atoms with Crippen LogP contribution in [-0.2, 0) is 29.2 Å². The average Bonchev–Trinajstić information content (AvgIpc) is 2.79. The maximum absolute atomic E-state index is 14.4. The van der Waals surface area contributed by atoms with Gasteiger partial charge in [0, 0.05) is 25.8 Å². The van der Waals surface area contributed by atoms with Crippen LogP contribution in [0.15, 0.2) is 65.5 Å². The molecule has 3 aromatic carbocycles. The summed E-state index contributed by atoms with van der Waals surface area (Å²) in [4.78, 5) is 36.4. The summed E-state index contributed by atoms with van der Waals surface area (Å²) in [5.74, 6) is -1.76. The molecule has 180 valence electrons. The lowest BCUT2D eigenvalue weighted by atomic mass is 9.90. The maximum Gasteiger partial charge on any atom is 0.417 e. The number of fused-ring (bicyclic) bond motifs is 2. The van der Waals surface area contributed by atoms with Gasteiger partial charge < -0.3 is 15.0 Å². The van der Waals surface area contributed by atoms with Gasteiger partial charge in [0.2, 0.25) is 5.91 Å². The summed E-state index contributed by atoms with van der Waals surface area (Å²) in [7, 11) is 1.43. The smallest absolute Gasteiger partial charge is 0.417 e. The Morgan fingerprint density at radius 3 is 2.26 bits per heavy atom. The number of carbonyl (C=O) groups excluding carboxylic acids is 1. The summed E-state index contributed by atoms with van der Waals surface area (Å²) in [5.41, 5.74) is -1.52. The zero-order chi connectivity index (χ0) is 25.5. The quantitative estimate of drug-likeness (QED) is 0.438. The molecule has 35 heavy (non-hydrogen) atoms. The molecule has 2 N–H and O–H groups in total. The van der Waals surface area contributed by atoms with Gasteiger partial charge in [-0.1, -0.05) is 54.6 Å². The van der Waals surface area contributed by atoms with E-state index in [2.05, 4.69) is 5.32 Å². The van der Waals surface area contributed by atoms with Crippen LogP contribution in [0.3, 0.4) is 0 Å². The Labute approximate surface area is 197 Å². The van der Waals surface area contributed by atoms with Crippen molar-refractivity contribution in [2.45, 2.75) is 25.6 Å². The zero-order valence-electron chi connectivity index (χ0n) is 18.8. The van der Waals surface area contributed by atoms with E-state index in [1.54, 1.807) is 30.3 Å². The highest BCUT2D eigenvalue weighted by atomic mass is 19.4. The lowest BCUT2D eigenvalue weighted by molar-refractivity contribution is -0.141. The first-order chi connectivity index (χ1) is 16.5. The lowest BCUT2D eigenvalue weighted by Gasteiger charge is -2.20. The second-order valence-corrected chi connectivity index (χ2v) is 8.24. The van der Waals surface area contributed by atoms with Crippen LogP contribution in [0.5, 0.6) is 0 Å². The van der Waals surface area contributed by atoms with Crippen LogP contribution in [0.1, 0.15) is 18.1 Å². The molecule has 0 fully saturated rings. The van der Waals surface area contributed by atoms with Gasteiger partial charge in [-0.3, -0.25) is 9.59 Å². The van der Waals surface area contributed by atoms with Crippen molar-refractivity contribution in [1.29, 1.82) is 0 Å². The number of amides is 1. The Morgan fingerprint density at radius 2 is 1.60 bits per heavy atom. The molecule has 9 heteroatoms. The lowest BCUT2D eigenvalue weighted by Crippen LogP contribution is -2.41. The number of carboxylic acids is 1. The van der Waals surface area contributed by atoms with E-state index in [1.165, 1.54) is 48.9 Å². The monoisotopic (exact) mass is 482 g/mol. The van der Waals surface area contributed by atoms with Crippen LogP contribution >= 0.6 is 0 Å². The van der Waals surface area contributed by atoms with Crippen LogP contribution in [-0.4, -0.2) is 27.6 Å². The maximum atomic E-state index is 14.4. The number of benzene rings is 3. The topological polar surface area (TPSA) is 88.4 Å². The molecule has 4 rings (SSSR count). The molecule has 0 aliphatic heterocycles. The van der Waals surface area contributed by atoms with E-state index >= 15 is 0 Å². The van der Waals surface area contributed by atoms with Crippen molar-refractivity contribution < 1.29 is 27.9 Å². The normalized spacial score (nSPS) is 12.6. The molecule has 0 bridgehead atoms. The van der Waals surface area contributed by atoms with Crippen molar-refractivity contribution in [3.63, 3.8) is 0 Å². The number of carbonyl (C=O) groups is 2. The third kappa shape index (κ3) is 4.37. The average molecular weight is 482 g/mol. The van der Waals surface area contributed by atoms with Gasteiger partial charge in [0.25, 0.3) is 5.56 Å². The molecular formula is C26H21F3N2O4. The number of para-hydroxylation sites is 1. The summed E-state index contributed by atoms with van der Waals surface area (Å²) >= 11 is 0. The number of nitrogens with zero attached hydrogens (tertiary/aromatic N) is 1. The number of aliphatic carboxylic acids is 1. The Morgan fingerprint density at radius 1 is 0.971 bits per heavy atom. The third-order valence-corrected chi connectivity index (χ3v) is 5.97. The predicted octanol–water partition coefficient (Wildman–Crippen LogP) is 4.51. The summed E-state index contributed by atoms with van der Waals surface area (Å²) in [5, 5.41) is 12.6. The minimum atomic E-state index is -4.80. The summed E-state index contributed by atoms with van der Waals surface area (Å²) in [6, 6.07) is 14.1. The summed E-state index contributed by atoms with van der Waals surface area (Å²) in [6.45, 7) is 1.20. The summed E-state index contributed by atoms with van der Waals surface area (Å²) in [6.07, 6.45) is -4.89. The van der Waals surface area contributed by atoms with Crippen molar-refractivity contribution in [2.24, 2.45) is 7.05 Å². The van der Waals surface area contributed by atoms with Crippen LogP contribution in [0, 0.1) is 0 Å². The number of nitrogens with one attached hydrogen (secondary N) is 1. The predicted molar refractivity (Wildman–Crippen MR) is 126 cm³/mol. The molecule has 0 saturated carbocycles. The van der Waals surface area contributed by atoms with E-state index in [9.17, 15) is 32.7 Å². The van der Waals surface area contributed by atoms with Crippen molar-refractivity contribution in [3.05, 3.63) is 82.1 Å². The van der Waals surface area contributed by atoms with Gasteiger partial charge in [-0.15, -0.1) is 0 Å². The minimum Gasteiger partial charge on any atom is -0.480 e. The fourth-order valence-electron chi connectivity index (χ4n) is 4.48. The number of hydrogen-bond donors (Lipinski definition) is 2. The van der Waals surface area contributed by atoms with Crippen molar-refractivity contribution in [2.75, 3.05) is 0 Å². The van der Waals surface area contributed by atoms with Gasteiger partial charge >= 0.3 is 12.1 Å². The number of hydrogen-bond acceptors (Lipinski definition) is 3. The van der Waals surface area contributed by atoms with E-state index in [4.69, 9.17) is 0 Å². The highest BCUT2D eigenvalue weighted by Crippen LogP contribution is 2.42. The van der Waals surface area contributed by atoms with Crippen molar-refractivity contribution in [1.82, 2.24) is 9.88 Å². The fourth-order valence-corrected chi connectivity index (χ4v) is 4.48. The Hall–Kier alpha value is -4.14. The molecule has 0 radical (unpaired) electrons. The number of carboxylic acid groups (broad SMARTS) is 1. The molecule has 4 aromatic rings. The molecule has 0 saturated heterocycles. The fraction of sp³-hybridized carbons (Fsp3) is 0.192. The number of pyridine rings is 1. The zero-order valence-corrected chi connectivity index (χ0v) is 18.8. The van der Waals surface area contributed by atoms with E-state index in [0.717, 1.165) is 0 Å². The van der Waals surface area contributed by atoms with Gasteiger partial charge in [0.05, 0.1) is 16.6 Å².